The van der Waals surface area contributed by atoms with Crippen LogP contribution in [-0.4, -0.2) is 31.4 Å². The van der Waals surface area contributed by atoms with Gasteiger partial charge in [-0.1, -0.05) is 70.1 Å². The molecule has 0 aliphatic rings. The zero-order valence-electron chi connectivity index (χ0n) is 22.0. The first-order valence-electron chi connectivity index (χ1n) is 13.4. The first-order chi connectivity index (χ1) is 20.8. The Balaban J connectivity index is 1.08. The lowest BCUT2D eigenvalue weighted by Gasteiger charge is -2.13. The van der Waals surface area contributed by atoms with Gasteiger partial charge in [0.25, 0.3) is 0 Å². The minimum Gasteiger partial charge on any atom is -0.240 e. The highest BCUT2D eigenvalue weighted by Crippen LogP contribution is 2.43. The smallest absolute Gasteiger partial charge is 0.105 e. The van der Waals surface area contributed by atoms with E-state index in [1.807, 2.05) is 21.6 Å². The topological polar surface area (TPSA) is 51.6 Å². The zero-order valence-corrected chi connectivity index (χ0v) is 26.9. The number of thiazole rings is 4. The summed E-state index contributed by atoms with van der Waals surface area (Å²) in [6.07, 6.45) is 0. The van der Waals surface area contributed by atoms with E-state index in [-0.39, 0.29) is 11.8 Å². The van der Waals surface area contributed by atoms with Crippen molar-refractivity contribution in [2.75, 3.05) is 11.5 Å². The molecule has 0 spiro atoms. The van der Waals surface area contributed by atoms with Crippen LogP contribution in [0.3, 0.4) is 0 Å². The summed E-state index contributed by atoms with van der Waals surface area (Å²) in [6, 6.07) is 33.7. The Morgan fingerprint density at radius 2 is 0.667 bits per heavy atom. The summed E-state index contributed by atoms with van der Waals surface area (Å²) in [6.45, 7) is 0. The van der Waals surface area contributed by atoms with E-state index in [4.69, 9.17) is 19.9 Å². The van der Waals surface area contributed by atoms with Gasteiger partial charge in [0.1, 0.15) is 20.0 Å². The van der Waals surface area contributed by atoms with Crippen LogP contribution in [0.4, 0.5) is 0 Å². The second-order valence-electron chi connectivity index (χ2n) is 9.75. The Morgan fingerprint density at radius 3 is 0.929 bits per heavy atom. The fraction of sp³-hybridized carbons (Fsp3) is 0.125. The average Bonchev–Trinajstić information content (AvgIpc) is 3.82. The molecule has 0 aliphatic heterocycles. The van der Waals surface area contributed by atoms with E-state index in [0.29, 0.717) is 0 Å². The molecule has 4 aromatic heterocycles. The third-order valence-electron chi connectivity index (χ3n) is 6.99. The number of rotatable bonds is 9. The summed E-state index contributed by atoms with van der Waals surface area (Å²) >= 11 is 7.16. The van der Waals surface area contributed by atoms with Crippen LogP contribution in [0, 0.1) is 0 Å². The van der Waals surface area contributed by atoms with Gasteiger partial charge < -0.3 is 0 Å². The molecule has 4 heterocycles. The summed E-state index contributed by atoms with van der Waals surface area (Å²) in [5, 5.41) is 4.55. The van der Waals surface area contributed by atoms with Gasteiger partial charge in [-0.25, -0.2) is 19.9 Å². The molecule has 0 saturated heterocycles. The lowest BCUT2D eigenvalue weighted by atomic mass is 10.2. The molecule has 10 heteroatoms. The van der Waals surface area contributed by atoms with E-state index in [1.165, 1.54) is 18.8 Å². The van der Waals surface area contributed by atoms with E-state index >= 15 is 0 Å². The second-order valence-corrected chi connectivity index (χ2v) is 16.6. The monoisotopic (exact) mass is 654 g/mol. The van der Waals surface area contributed by atoms with Crippen molar-refractivity contribution in [1.29, 1.82) is 0 Å². The van der Waals surface area contributed by atoms with Gasteiger partial charge in [-0.2, -0.15) is 0 Å². The molecular formula is C32H22N4S6. The Kier molecular flexibility index (Phi) is 7.43. The Morgan fingerprint density at radius 1 is 0.405 bits per heavy atom. The molecule has 0 unspecified atom stereocenters. The van der Waals surface area contributed by atoms with Crippen LogP contribution in [0.2, 0.25) is 0 Å². The first kappa shape index (κ1) is 26.7. The molecular weight excluding hydrogens is 633 g/mol. The predicted octanol–water partition coefficient (Wildman–Crippen LogP) is 10.5. The van der Waals surface area contributed by atoms with Crippen LogP contribution < -0.4 is 0 Å². The summed E-state index contributed by atoms with van der Waals surface area (Å²) in [5.41, 5.74) is 4.25. The minimum absolute atomic E-state index is 0.139. The van der Waals surface area contributed by atoms with Crippen molar-refractivity contribution in [3.8, 4) is 0 Å². The van der Waals surface area contributed by atoms with Crippen molar-refractivity contribution in [1.82, 2.24) is 19.9 Å². The third-order valence-corrected chi connectivity index (χ3v) is 14.0. The number of fused-ring (bicyclic) bond motifs is 4. The largest absolute Gasteiger partial charge is 0.240 e. The molecule has 8 rings (SSSR count). The number of hydrogen-bond donors (Lipinski definition) is 0. The van der Waals surface area contributed by atoms with Crippen molar-refractivity contribution < 1.29 is 0 Å². The Labute approximate surface area is 266 Å². The summed E-state index contributed by atoms with van der Waals surface area (Å²) in [4.78, 5) is 20.3. The minimum atomic E-state index is 0.139. The fourth-order valence-electron chi connectivity index (χ4n) is 4.89. The van der Waals surface area contributed by atoms with Crippen molar-refractivity contribution in [2.45, 2.75) is 11.8 Å². The number of hydrogen-bond acceptors (Lipinski definition) is 10. The molecule has 0 radical (unpaired) electrons. The van der Waals surface area contributed by atoms with E-state index in [2.05, 4.69) is 97.1 Å². The van der Waals surface area contributed by atoms with Crippen molar-refractivity contribution >= 4 is 108 Å². The normalized spacial score (nSPS) is 12.1. The van der Waals surface area contributed by atoms with E-state index in [0.717, 1.165) is 53.6 Å². The second kappa shape index (κ2) is 11.7. The molecule has 8 aromatic rings. The highest BCUT2D eigenvalue weighted by Gasteiger charge is 2.26. The van der Waals surface area contributed by atoms with E-state index in [9.17, 15) is 0 Å². The molecule has 4 nitrogen and oxygen atoms in total. The highest BCUT2D eigenvalue weighted by atomic mass is 33.1. The van der Waals surface area contributed by atoms with Crippen LogP contribution in [0.1, 0.15) is 31.9 Å². The van der Waals surface area contributed by atoms with Crippen LogP contribution in [0.25, 0.3) is 40.9 Å². The number of para-hydroxylation sites is 4. The molecule has 42 heavy (non-hydrogen) atoms. The van der Waals surface area contributed by atoms with Crippen LogP contribution in [0.5, 0.6) is 0 Å². The third kappa shape index (κ3) is 5.25. The van der Waals surface area contributed by atoms with Gasteiger partial charge in [-0.05, 0) is 48.5 Å². The van der Waals surface area contributed by atoms with Gasteiger partial charge >= 0.3 is 0 Å². The van der Waals surface area contributed by atoms with Crippen molar-refractivity contribution in [3.05, 3.63) is 117 Å². The van der Waals surface area contributed by atoms with Crippen LogP contribution in [-0.2, 0) is 0 Å². The van der Waals surface area contributed by atoms with Crippen molar-refractivity contribution in [3.63, 3.8) is 0 Å². The Hall–Kier alpha value is -2.86. The Bertz CT molecular complexity index is 1720. The molecule has 0 amide bonds. The molecule has 4 aromatic carbocycles. The molecule has 0 fully saturated rings. The van der Waals surface area contributed by atoms with Crippen LogP contribution in [0.15, 0.2) is 97.1 Å². The lowest BCUT2D eigenvalue weighted by molar-refractivity contribution is 0.911. The predicted molar refractivity (Wildman–Crippen MR) is 187 cm³/mol. The number of aromatic nitrogens is 4. The maximum Gasteiger partial charge on any atom is 0.105 e. The van der Waals surface area contributed by atoms with E-state index < -0.39 is 0 Å². The lowest BCUT2D eigenvalue weighted by Crippen LogP contribution is -2.05. The maximum absolute atomic E-state index is 5.06. The molecule has 0 bridgehead atoms. The summed E-state index contributed by atoms with van der Waals surface area (Å²) < 4.78 is 4.90. The molecule has 0 aliphatic carbocycles. The van der Waals surface area contributed by atoms with Gasteiger partial charge in [0.05, 0.1) is 52.7 Å². The van der Waals surface area contributed by atoms with Gasteiger partial charge in [0.15, 0.2) is 0 Å². The van der Waals surface area contributed by atoms with Crippen molar-refractivity contribution in [2.24, 2.45) is 0 Å². The first-order valence-corrected chi connectivity index (χ1v) is 19.2. The van der Waals surface area contributed by atoms with Gasteiger partial charge in [0.2, 0.25) is 0 Å². The van der Waals surface area contributed by atoms with Gasteiger partial charge in [0, 0.05) is 11.5 Å². The quantitative estimate of drug-likeness (QED) is 0.114. The molecule has 0 N–H and O–H groups in total. The van der Waals surface area contributed by atoms with Gasteiger partial charge in [-0.3, -0.25) is 0 Å². The average molecular weight is 655 g/mol. The van der Waals surface area contributed by atoms with Crippen LogP contribution >= 0.6 is 66.9 Å². The number of benzene rings is 4. The fourth-order valence-corrected chi connectivity index (χ4v) is 12.2. The molecule has 0 saturated carbocycles. The maximum atomic E-state index is 5.06. The standard InChI is InChI=1S/C32H22N4S6/c1-5-13-25-21(9-1)33-29(39-25)19(30-34-22-10-2-6-14-26(22)40-30)17-37-38-18-20(31-35-23-11-3-7-15-27(23)41-31)32-36-24-12-4-8-16-28(24)42-32/h1-16,19-20H,17-18H2. The van der Waals surface area contributed by atoms with E-state index in [1.54, 1.807) is 45.3 Å². The highest BCUT2D eigenvalue weighted by molar-refractivity contribution is 8.76. The zero-order chi connectivity index (χ0) is 27.9. The summed E-state index contributed by atoms with van der Waals surface area (Å²) in [7, 11) is 3.81. The number of nitrogens with zero attached hydrogens (tertiary/aromatic N) is 4. The molecule has 206 valence electrons. The van der Waals surface area contributed by atoms with Gasteiger partial charge in [-0.15, -0.1) is 45.3 Å². The molecule has 0 atom stereocenters. The summed E-state index contributed by atoms with van der Waals surface area (Å²) in [5.74, 6) is 2.08. The SMILES string of the molecule is c1ccc2sc(C(CSSCC(c3nc4ccccc4s3)c3nc4ccccc4s3)c3nc4ccccc4s3)nc2c1.